The van der Waals surface area contributed by atoms with Gasteiger partial charge >= 0.3 is 0 Å². The van der Waals surface area contributed by atoms with E-state index in [9.17, 15) is 14.9 Å². The Bertz CT molecular complexity index is 1740. The number of benzene rings is 4. The number of rotatable bonds is 9. The van der Waals surface area contributed by atoms with Crippen molar-refractivity contribution in [3.63, 3.8) is 0 Å². The third-order valence-electron chi connectivity index (χ3n) is 7.46. The lowest BCUT2D eigenvalue weighted by molar-refractivity contribution is -0.385. The number of nitrogens with zero attached hydrogens (tertiary/aromatic N) is 1. The first-order valence-corrected chi connectivity index (χ1v) is 14.3. The Morgan fingerprint density at radius 3 is 2.20 bits per heavy atom. The molecule has 1 N–H and O–H groups in total. The molecule has 234 valence electrons. The van der Waals surface area contributed by atoms with Crippen molar-refractivity contribution in [1.82, 2.24) is 0 Å². The lowest BCUT2D eigenvalue weighted by atomic mass is 9.85. The molecule has 0 fully saturated rings. The van der Waals surface area contributed by atoms with Crippen LogP contribution in [0.2, 0.25) is 0 Å². The summed E-state index contributed by atoms with van der Waals surface area (Å²) in [4.78, 5) is 21.2. The van der Waals surface area contributed by atoms with Crippen LogP contribution in [0.25, 0.3) is 16.7 Å². The molecule has 1 heterocycles. The Balaban J connectivity index is 0.000000392. The minimum absolute atomic E-state index is 0.00256. The molecular formula is C36H38N2O7. The van der Waals surface area contributed by atoms with Gasteiger partial charge in [-0.1, -0.05) is 24.3 Å². The number of aryl methyl sites for hydroxylation is 1. The molecule has 45 heavy (non-hydrogen) atoms. The van der Waals surface area contributed by atoms with E-state index in [-0.39, 0.29) is 17.8 Å². The Labute approximate surface area is 263 Å². The second kappa shape index (κ2) is 14.0. The molecule has 0 bridgehead atoms. The maximum absolute atomic E-state index is 11.3. The smallest absolute Gasteiger partial charge is 0.273 e. The van der Waals surface area contributed by atoms with Crippen molar-refractivity contribution < 1.29 is 28.7 Å². The predicted molar refractivity (Wildman–Crippen MR) is 177 cm³/mol. The fourth-order valence-corrected chi connectivity index (χ4v) is 5.39. The Kier molecular flexibility index (Phi) is 10.1. The molecule has 1 aliphatic rings. The topological polar surface area (TPSA) is 109 Å². The molecule has 0 amide bonds. The minimum Gasteiger partial charge on any atom is -0.497 e. The maximum atomic E-state index is 11.3. The van der Waals surface area contributed by atoms with Crippen molar-refractivity contribution in [2.75, 3.05) is 26.6 Å². The van der Waals surface area contributed by atoms with Gasteiger partial charge in [0.1, 0.15) is 29.6 Å². The van der Waals surface area contributed by atoms with Crippen LogP contribution in [0.3, 0.4) is 0 Å². The SMILES string of the molecule is COc1ccc(-c2ccc3c(c2COc2cc([N+](=O)[O-])ccc2C)C(C)=CC(C)(C)N3)c(OC)c1.COc1ccccc1C=O. The van der Waals surface area contributed by atoms with Crippen molar-refractivity contribution in [3.05, 3.63) is 111 Å². The van der Waals surface area contributed by atoms with E-state index in [0.29, 0.717) is 28.6 Å². The van der Waals surface area contributed by atoms with Crippen LogP contribution in [0.5, 0.6) is 23.0 Å². The summed E-state index contributed by atoms with van der Waals surface area (Å²) < 4.78 is 22.2. The molecule has 0 saturated heterocycles. The van der Waals surface area contributed by atoms with Gasteiger partial charge < -0.3 is 24.3 Å². The molecule has 0 unspecified atom stereocenters. The summed E-state index contributed by atoms with van der Waals surface area (Å²) in [6, 6.07) is 21.6. The number of para-hydroxylation sites is 1. The number of nitrogens with one attached hydrogen (secondary N) is 1. The number of fused-ring (bicyclic) bond motifs is 1. The van der Waals surface area contributed by atoms with E-state index in [1.807, 2.05) is 31.2 Å². The second-order valence-corrected chi connectivity index (χ2v) is 11.1. The van der Waals surface area contributed by atoms with Crippen molar-refractivity contribution in [3.8, 4) is 34.1 Å². The number of hydrogen-bond donors (Lipinski definition) is 1. The largest absolute Gasteiger partial charge is 0.497 e. The summed E-state index contributed by atoms with van der Waals surface area (Å²) >= 11 is 0. The number of carbonyl (C=O) groups excluding carboxylic acids is 1. The summed E-state index contributed by atoms with van der Waals surface area (Å²) in [5, 5.41) is 14.9. The highest BCUT2D eigenvalue weighted by atomic mass is 16.6. The van der Waals surface area contributed by atoms with Crippen LogP contribution in [0.1, 0.15) is 47.8 Å². The van der Waals surface area contributed by atoms with E-state index in [1.54, 1.807) is 45.6 Å². The summed E-state index contributed by atoms with van der Waals surface area (Å²) in [5.41, 5.74) is 7.26. The van der Waals surface area contributed by atoms with Crippen molar-refractivity contribution in [2.45, 2.75) is 39.8 Å². The zero-order valence-corrected chi connectivity index (χ0v) is 26.6. The van der Waals surface area contributed by atoms with E-state index in [1.165, 1.54) is 12.1 Å². The van der Waals surface area contributed by atoms with Crippen LogP contribution in [0, 0.1) is 17.0 Å². The van der Waals surface area contributed by atoms with Crippen LogP contribution >= 0.6 is 0 Å². The Morgan fingerprint density at radius 2 is 1.56 bits per heavy atom. The normalized spacial score (nSPS) is 12.7. The molecule has 4 aromatic carbocycles. The van der Waals surface area contributed by atoms with Crippen LogP contribution in [-0.2, 0) is 6.61 Å². The average Bonchev–Trinajstić information content (AvgIpc) is 3.03. The van der Waals surface area contributed by atoms with Gasteiger partial charge in [-0.25, -0.2) is 0 Å². The van der Waals surface area contributed by atoms with Crippen LogP contribution < -0.4 is 24.3 Å². The molecule has 0 saturated carbocycles. The summed E-state index contributed by atoms with van der Waals surface area (Å²) in [6.07, 6.45) is 2.98. The van der Waals surface area contributed by atoms with Crippen molar-refractivity contribution in [1.29, 1.82) is 0 Å². The number of nitro groups is 1. The monoisotopic (exact) mass is 610 g/mol. The number of hydrogen-bond acceptors (Lipinski definition) is 8. The van der Waals surface area contributed by atoms with E-state index in [0.717, 1.165) is 45.4 Å². The average molecular weight is 611 g/mol. The van der Waals surface area contributed by atoms with Crippen molar-refractivity contribution >= 4 is 23.2 Å². The number of nitro benzene ring substituents is 1. The van der Waals surface area contributed by atoms with Gasteiger partial charge in [-0.3, -0.25) is 14.9 Å². The van der Waals surface area contributed by atoms with E-state index >= 15 is 0 Å². The quantitative estimate of drug-likeness (QED) is 0.115. The molecule has 0 radical (unpaired) electrons. The number of anilines is 1. The van der Waals surface area contributed by atoms with Gasteiger partial charge in [-0.05, 0) is 80.8 Å². The number of non-ortho nitro benzene ring substituents is 1. The van der Waals surface area contributed by atoms with Crippen molar-refractivity contribution in [2.24, 2.45) is 0 Å². The summed E-state index contributed by atoms with van der Waals surface area (Å²) in [7, 11) is 4.80. The van der Waals surface area contributed by atoms with Gasteiger partial charge in [0.05, 0.1) is 43.4 Å². The van der Waals surface area contributed by atoms with E-state index < -0.39 is 4.92 Å². The highest BCUT2D eigenvalue weighted by Crippen LogP contribution is 2.43. The van der Waals surface area contributed by atoms with Crippen LogP contribution in [0.4, 0.5) is 11.4 Å². The van der Waals surface area contributed by atoms with Crippen LogP contribution in [0.15, 0.2) is 78.9 Å². The molecule has 0 aliphatic carbocycles. The Morgan fingerprint density at radius 1 is 0.844 bits per heavy atom. The van der Waals surface area contributed by atoms with Gasteiger partial charge in [0.15, 0.2) is 6.29 Å². The molecular weight excluding hydrogens is 572 g/mol. The van der Waals surface area contributed by atoms with E-state index in [4.69, 9.17) is 18.9 Å². The molecule has 5 rings (SSSR count). The fraction of sp³-hybridized carbons (Fsp3) is 0.250. The number of ether oxygens (including phenoxy) is 4. The third-order valence-corrected chi connectivity index (χ3v) is 7.46. The summed E-state index contributed by atoms with van der Waals surface area (Å²) in [6.45, 7) is 8.45. The van der Waals surface area contributed by atoms with E-state index in [2.05, 4.69) is 44.3 Å². The first kappa shape index (κ1) is 32.6. The standard InChI is InChI=1S/C28H30N2O5.C8H8O2/c1-17-7-8-19(30(31)32)13-25(17)35-16-23-21(22-10-9-20(33-5)14-26(22)34-6)11-12-24-27(23)18(2)15-28(3,4)29-24;1-10-8-5-3-2-4-7(8)6-9/h7-15,29H,16H2,1-6H3;2-6H,1H3. The highest BCUT2D eigenvalue weighted by Gasteiger charge is 2.27. The van der Waals surface area contributed by atoms with Gasteiger partial charge in [0.25, 0.3) is 5.69 Å². The Hall–Kier alpha value is -5.31. The molecule has 0 spiro atoms. The highest BCUT2D eigenvalue weighted by molar-refractivity contribution is 5.88. The molecule has 0 atom stereocenters. The molecule has 9 nitrogen and oxygen atoms in total. The summed E-state index contributed by atoms with van der Waals surface area (Å²) in [5.74, 6) is 2.49. The predicted octanol–water partition coefficient (Wildman–Crippen LogP) is 8.28. The zero-order chi connectivity index (χ0) is 32.7. The maximum Gasteiger partial charge on any atom is 0.273 e. The van der Waals surface area contributed by atoms with Gasteiger partial charge in [0.2, 0.25) is 0 Å². The fourth-order valence-electron chi connectivity index (χ4n) is 5.39. The molecule has 0 aromatic heterocycles. The van der Waals surface area contributed by atoms with Gasteiger partial charge in [-0.15, -0.1) is 0 Å². The molecule has 1 aliphatic heterocycles. The number of methoxy groups -OCH3 is 3. The number of aldehydes is 1. The third kappa shape index (κ3) is 7.44. The molecule has 4 aromatic rings. The number of allylic oxidation sites excluding steroid dienone is 1. The minimum atomic E-state index is -0.413. The van der Waals surface area contributed by atoms with Gasteiger partial charge in [-0.2, -0.15) is 0 Å². The van der Waals surface area contributed by atoms with Gasteiger partial charge in [0, 0.05) is 34.5 Å². The first-order chi connectivity index (χ1) is 21.5. The van der Waals surface area contributed by atoms with Crippen LogP contribution in [-0.4, -0.2) is 38.1 Å². The second-order valence-electron chi connectivity index (χ2n) is 11.1. The molecule has 9 heteroatoms. The zero-order valence-electron chi connectivity index (χ0n) is 26.6. The lowest BCUT2D eigenvalue weighted by Crippen LogP contribution is -2.32. The number of carbonyl (C=O) groups is 1. The first-order valence-electron chi connectivity index (χ1n) is 14.3. The lowest BCUT2D eigenvalue weighted by Gasteiger charge is -2.33.